The number of nitrogens with two attached hydrogens (primary N) is 1. The number of halogens is 3. The summed E-state index contributed by atoms with van der Waals surface area (Å²) in [6, 6.07) is 2.41. The standard InChI is InChI=1S/C12H15F3N2O4/c1-21-10(19)5-9(18)11(20)7-3-2-6(12(13,14)15)4-8(7)17-16/h2-4,9,11,17-18,20H,5,16H2,1H3. The molecule has 0 saturated heterocycles. The first-order valence-corrected chi connectivity index (χ1v) is 5.81. The fourth-order valence-electron chi connectivity index (χ4n) is 1.69. The van der Waals surface area contributed by atoms with Gasteiger partial charge in [0.25, 0.3) is 0 Å². The molecule has 1 aromatic rings. The molecule has 0 aliphatic carbocycles. The van der Waals surface area contributed by atoms with Crippen molar-refractivity contribution in [3.8, 4) is 0 Å². The molecular formula is C12H15F3N2O4. The molecule has 9 heteroatoms. The second-order valence-corrected chi connectivity index (χ2v) is 4.24. The predicted molar refractivity (Wildman–Crippen MR) is 66.9 cm³/mol. The van der Waals surface area contributed by atoms with Crippen LogP contribution in [0, 0.1) is 0 Å². The number of rotatable bonds is 5. The van der Waals surface area contributed by atoms with Crippen LogP contribution in [-0.2, 0) is 15.7 Å². The molecule has 0 aliphatic rings. The van der Waals surface area contributed by atoms with Crippen LogP contribution in [-0.4, -0.2) is 29.4 Å². The summed E-state index contributed by atoms with van der Waals surface area (Å²) in [5, 5.41) is 19.6. The highest BCUT2D eigenvalue weighted by Gasteiger charge is 2.32. The zero-order valence-electron chi connectivity index (χ0n) is 11.0. The number of anilines is 1. The van der Waals surface area contributed by atoms with Crippen LogP contribution in [0.25, 0.3) is 0 Å². The molecular weight excluding hydrogens is 293 g/mol. The Balaban J connectivity index is 3.04. The number of nitrogens with one attached hydrogen (secondary N) is 1. The average Bonchev–Trinajstić information content (AvgIpc) is 2.44. The summed E-state index contributed by atoms with van der Waals surface area (Å²) in [7, 11) is 1.10. The van der Waals surface area contributed by atoms with E-state index >= 15 is 0 Å². The molecule has 1 aromatic carbocycles. The lowest BCUT2D eigenvalue weighted by Gasteiger charge is -2.21. The predicted octanol–water partition coefficient (Wildman–Crippen LogP) is 0.948. The van der Waals surface area contributed by atoms with Gasteiger partial charge in [-0.3, -0.25) is 10.6 Å². The second kappa shape index (κ2) is 6.74. The summed E-state index contributed by atoms with van der Waals surface area (Å²) >= 11 is 0. The highest BCUT2D eigenvalue weighted by molar-refractivity contribution is 5.70. The van der Waals surface area contributed by atoms with Crippen LogP contribution in [0.5, 0.6) is 0 Å². The van der Waals surface area contributed by atoms with Gasteiger partial charge in [0.2, 0.25) is 0 Å². The van der Waals surface area contributed by atoms with E-state index in [4.69, 9.17) is 5.84 Å². The van der Waals surface area contributed by atoms with E-state index in [1.807, 2.05) is 5.43 Å². The first kappa shape index (κ1) is 17.2. The third kappa shape index (κ3) is 4.31. The molecule has 0 radical (unpaired) electrons. The third-order valence-corrected chi connectivity index (χ3v) is 2.82. The van der Waals surface area contributed by atoms with E-state index in [9.17, 15) is 28.2 Å². The number of carbonyl (C=O) groups is 1. The number of esters is 1. The van der Waals surface area contributed by atoms with Gasteiger partial charge in [-0.25, -0.2) is 0 Å². The molecule has 0 aromatic heterocycles. The van der Waals surface area contributed by atoms with Gasteiger partial charge < -0.3 is 20.4 Å². The molecule has 0 amide bonds. The number of carbonyl (C=O) groups excluding carboxylic acids is 1. The summed E-state index contributed by atoms with van der Waals surface area (Å²) in [5.74, 6) is 4.36. The van der Waals surface area contributed by atoms with Crippen LogP contribution in [0.15, 0.2) is 18.2 Å². The van der Waals surface area contributed by atoms with E-state index in [0.717, 1.165) is 19.2 Å². The maximum Gasteiger partial charge on any atom is 0.416 e. The number of nitrogen functional groups attached to an aromatic ring is 1. The molecule has 0 bridgehead atoms. The Bertz CT molecular complexity index is 508. The molecule has 0 aliphatic heterocycles. The van der Waals surface area contributed by atoms with Crippen molar-refractivity contribution in [3.05, 3.63) is 29.3 Å². The van der Waals surface area contributed by atoms with Crippen molar-refractivity contribution in [2.24, 2.45) is 5.84 Å². The number of ether oxygens (including phenoxy) is 1. The van der Waals surface area contributed by atoms with Gasteiger partial charge in [0.15, 0.2) is 0 Å². The molecule has 0 spiro atoms. The van der Waals surface area contributed by atoms with Crippen LogP contribution < -0.4 is 11.3 Å². The summed E-state index contributed by atoms with van der Waals surface area (Å²) in [6.45, 7) is 0. The Morgan fingerprint density at radius 3 is 2.52 bits per heavy atom. The molecule has 2 unspecified atom stereocenters. The molecule has 118 valence electrons. The minimum atomic E-state index is -4.57. The molecule has 21 heavy (non-hydrogen) atoms. The molecule has 0 saturated carbocycles. The van der Waals surface area contributed by atoms with Crippen LogP contribution in [0.3, 0.4) is 0 Å². The monoisotopic (exact) mass is 308 g/mol. The molecule has 0 heterocycles. The van der Waals surface area contributed by atoms with Gasteiger partial charge in [-0.1, -0.05) is 6.07 Å². The Kier molecular flexibility index (Phi) is 5.53. The van der Waals surface area contributed by atoms with Crippen molar-refractivity contribution in [1.82, 2.24) is 0 Å². The lowest BCUT2D eigenvalue weighted by molar-refractivity contribution is -0.144. The summed E-state index contributed by atoms with van der Waals surface area (Å²) in [5.41, 5.74) is 0.785. The van der Waals surface area contributed by atoms with Gasteiger partial charge in [-0.05, 0) is 12.1 Å². The van der Waals surface area contributed by atoms with Crippen molar-refractivity contribution < 1.29 is 32.9 Å². The summed E-state index contributed by atoms with van der Waals surface area (Å²) < 4.78 is 42.0. The van der Waals surface area contributed by atoms with Crippen molar-refractivity contribution in [3.63, 3.8) is 0 Å². The number of alkyl halides is 3. The van der Waals surface area contributed by atoms with Crippen LogP contribution in [0.2, 0.25) is 0 Å². The fourth-order valence-corrected chi connectivity index (χ4v) is 1.69. The number of methoxy groups -OCH3 is 1. The van der Waals surface area contributed by atoms with E-state index in [-0.39, 0.29) is 11.3 Å². The third-order valence-electron chi connectivity index (χ3n) is 2.82. The number of aliphatic hydroxyl groups is 2. The number of benzene rings is 1. The molecule has 5 N–H and O–H groups in total. The fraction of sp³-hybridized carbons (Fsp3) is 0.417. The minimum Gasteiger partial charge on any atom is -0.469 e. The smallest absolute Gasteiger partial charge is 0.416 e. The van der Waals surface area contributed by atoms with Crippen LogP contribution in [0.1, 0.15) is 23.7 Å². The summed E-state index contributed by atoms with van der Waals surface area (Å²) in [6.07, 6.45) is -8.22. The van der Waals surface area contributed by atoms with Gasteiger partial charge in [0, 0.05) is 5.56 Å². The normalized spacial score (nSPS) is 14.4. The van der Waals surface area contributed by atoms with Crippen molar-refractivity contribution >= 4 is 11.7 Å². The zero-order valence-corrected chi connectivity index (χ0v) is 11.0. The zero-order chi connectivity index (χ0) is 16.2. The van der Waals surface area contributed by atoms with E-state index in [1.54, 1.807) is 0 Å². The number of aliphatic hydroxyl groups excluding tert-OH is 2. The molecule has 1 rings (SSSR count). The highest BCUT2D eigenvalue weighted by atomic mass is 19.4. The lowest BCUT2D eigenvalue weighted by atomic mass is 9.98. The van der Waals surface area contributed by atoms with Crippen molar-refractivity contribution in [1.29, 1.82) is 0 Å². The highest BCUT2D eigenvalue weighted by Crippen LogP contribution is 2.34. The largest absolute Gasteiger partial charge is 0.469 e. The Labute approximate surface area is 118 Å². The number of hydrogen-bond acceptors (Lipinski definition) is 6. The topological polar surface area (TPSA) is 105 Å². The van der Waals surface area contributed by atoms with Crippen LogP contribution in [0.4, 0.5) is 18.9 Å². The quantitative estimate of drug-likeness (QED) is 0.367. The molecule has 2 atom stereocenters. The first-order valence-electron chi connectivity index (χ1n) is 5.81. The van der Waals surface area contributed by atoms with Crippen molar-refractivity contribution in [2.75, 3.05) is 12.5 Å². The SMILES string of the molecule is COC(=O)CC(O)C(O)c1ccc(C(F)(F)F)cc1NN. The van der Waals surface area contributed by atoms with Gasteiger partial charge in [0.05, 0.1) is 30.9 Å². The number of hydrazine groups is 1. The van der Waals surface area contributed by atoms with Crippen LogP contribution >= 0.6 is 0 Å². The Morgan fingerprint density at radius 2 is 2.05 bits per heavy atom. The maximum atomic E-state index is 12.6. The Morgan fingerprint density at radius 1 is 1.43 bits per heavy atom. The maximum absolute atomic E-state index is 12.6. The second-order valence-electron chi connectivity index (χ2n) is 4.24. The van der Waals surface area contributed by atoms with Gasteiger partial charge >= 0.3 is 12.1 Å². The summed E-state index contributed by atoms with van der Waals surface area (Å²) in [4.78, 5) is 11.0. The van der Waals surface area contributed by atoms with Gasteiger partial charge in [0.1, 0.15) is 6.10 Å². The minimum absolute atomic E-state index is 0.0677. The van der Waals surface area contributed by atoms with E-state index < -0.39 is 36.3 Å². The first-order chi connectivity index (χ1) is 9.70. The van der Waals surface area contributed by atoms with Gasteiger partial charge in [-0.15, -0.1) is 0 Å². The average molecular weight is 308 g/mol. The Hall–Kier alpha value is -1.84. The van der Waals surface area contributed by atoms with Gasteiger partial charge in [-0.2, -0.15) is 13.2 Å². The van der Waals surface area contributed by atoms with E-state index in [2.05, 4.69) is 4.74 Å². The van der Waals surface area contributed by atoms with Crippen molar-refractivity contribution in [2.45, 2.75) is 24.8 Å². The van der Waals surface area contributed by atoms with E-state index in [1.165, 1.54) is 0 Å². The molecule has 0 fully saturated rings. The van der Waals surface area contributed by atoms with E-state index in [0.29, 0.717) is 6.07 Å². The number of hydrogen-bond donors (Lipinski definition) is 4. The molecule has 6 nitrogen and oxygen atoms in total. The lowest BCUT2D eigenvalue weighted by Crippen LogP contribution is -2.24.